The molecule has 0 radical (unpaired) electrons. The first-order valence-corrected chi connectivity index (χ1v) is 8.44. The van der Waals surface area contributed by atoms with Gasteiger partial charge in [-0.1, -0.05) is 17.7 Å². The molecule has 4 rings (SSSR count). The van der Waals surface area contributed by atoms with Gasteiger partial charge in [-0.2, -0.15) is 0 Å². The zero-order chi connectivity index (χ0) is 16.8. The van der Waals surface area contributed by atoms with E-state index in [4.69, 9.17) is 11.6 Å². The van der Waals surface area contributed by atoms with Crippen molar-refractivity contribution in [1.29, 1.82) is 0 Å². The van der Waals surface area contributed by atoms with Crippen molar-refractivity contribution in [2.45, 2.75) is 26.2 Å². The fourth-order valence-electron chi connectivity index (χ4n) is 3.48. The molecule has 4 nitrogen and oxygen atoms in total. The average molecular weight is 341 g/mol. The average Bonchev–Trinajstić information content (AvgIpc) is 2.89. The molecule has 2 amide bonds. The Kier molecular flexibility index (Phi) is 3.57. The molecule has 2 heterocycles. The van der Waals surface area contributed by atoms with Crippen molar-refractivity contribution in [3.05, 3.63) is 57.6 Å². The summed E-state index contributed by atoms with van der Waals surface area (Å²) in [6, 6.07) is 9.21. The maximum Gasteiger partial charge on any atom is 0.255 e. The topological polar surface area (TPSA) is 49.4 Å². The lowest BCUT2D eigenvalue weighted by Gasteiger charge is -2.25. The Labute approximate surface area is 145 Å². The van der Waals surface area contributed by atoms with Gasteiger partial charge in [0.05, 0.1) is 12.1 Å². The van der Waals surface area contributed by atoms with E-state index in [1.54, 1.807) is 6.07 Å². The Balaban J connectivity index is 1.65. The number of aryl methyl sites for hydroxylation is 2. The molecule has 2 aromatic carbocycles. The molecule has 2 aliphatic heterocycles. The second-order valence-corrected chi connectivity index (χ2v) is 6.79. The highest BCUT2D eigenvalue weighted by Gasteiger charge is 2.32. The Morgan fingerprint density at radius 2 is 2.00 bits per heavy atom. The van der Waals surface area contributed by atoms with Crippen LogP contribution in [-0.4, -0.2) is 18.4 Å². The van der Waals surface area contributed by atoms with Crippen LogP contribution in [-0.2, 0) is 17.6 Å². The van der Waals surface area contributed by atoms with Gasteiger partial charge >= 0.3 is 0 Å². The Bertz CT molecular complexity index is 876. The molecule has 0 atom stereocenters. The lowest BCUT2D eigenvalue weighted by atomic mass is 9.96. The van der Waals surface area contributed by atoms with E-state index in [0.717, 1.165) is 41.8 Å². The molecule has 2 aliphatic rings. The fraction of sp³-hybridized carbons (Fsp3) is 0.263. The molecular weight excluding hydrogens is 324 g/mol. The third-order valence-electron chi connectivity index (χ3n) is 4.70. The van der Waals surface area contributed by atoms with Gasteiger partial charge in [0, 0.05) is 22.8 Å². The molecule has 0 unspecified atom stereocenters. The zero-order valence-corrected chi connectivity index (χ0v) is 14.1. The van der Waals surface area contributed by atoms with Crippen LogP contribution >= 0.6 is 11.6 Å². The van der Waals surface area contributed by atoms with Gasteiger partial charge in [0.15, 0.2) is 0 Å². The first kappa shape index (κ1) is 15.2. The minimum atomic E-state index is -0.176. The van der Waals surface area contributed by atoms with E-state index in [2.05, 4.69) is 5.32 Å². The predicted octanol–water partition coefficient (Wildman–Crippen LogP) is 3.74. The lowest BCUT2D eigenvalue weighted by Crippen LogP contribution is -2.31. The number of hydrogen-bond donors (Lipinski definition) is 1. The number of carbonyl (C=O) groups excluding carboxylic acids is 2. The van der Waals surface area contributed by atoms with E-state index >= 15 is 0 Å². The summed E-state index contributed by atoms with van der Waals surface area (Å²) >= 11 is 6.11. The van der Waals surface area contributed by atoms with E-state index < -0.39 is 0 Å². The van der Waals surface area contributed by atoms with Crippen molar-refractivity contribution in [2.24, 2.45) is 0 Å². The minimum Gasteiger partial charge on any atom is -0.322 e. The van der Waals surface area contributed by atoms with Gasteiger partial charge in [-0.15, -0.1) is 0 Å². The summed E-state index contributed by atoms with van der Waals surface area (Å²) in [5, 5.41) is 3.51. The summed E-state index contributed by atoms with van der Waals surface area (Å²) in [4.78, 5) is 26.6. The van der Waals surface area contributed by atoms with Gasteiger partial charge in [-0.05, 0) is 60.7 Å². The molecule has 0 fully saturated rings. The van der Waals surface area contributed by atoms with Crippen molar-refractivity contribution in [3.63, 3.8) is 0 Å². The Morgan fingerprint density at radius 3 is 2.79 bits per heavy atom. The predicted molar refractivity (Wildman–Crippen MR) is 95.0 cm³/mol. The van der Waals surface area contributed by atoms with Crippen LogP contribution in [0.1, 0.15) is 33.5 Å². The summed E-state index contributed by atoms with van der Waals surface area (Å²) in [6.07, 6.45) is 2.24. The van der Waals surface area contributed by atoms with E-state index in [-0.39, 0.29) is 11.8 Å². The summed E-state index contributed by atoms with van der Waals surface area (Å²) < 4.78 is 0. The van der Waals surface area contributed by atoms with Crippen LogP contribution in [0.3, 0.4) is 0 Å². The van der Waals surface area contributed by atoms with Crippen molar-refractivity contribution in [2.75, 3.05) is 16.8 Å². The highest BCUT2D eigenvalue weighted by molar-refractivity contribution is 6.31. The molecule has 122 valence electrons. The highest BCUT2D eigenvalue weighted by Crippen LogP contribution is 2.37. The van der Waals surface area contributed by atoms with Gasteiger partial charge in [-0.25, -0.2) is 0 Å². The van der Waals surface area contributed by atoms with Crippen LogP contribution in [0.2, 0.25) is 5.02 Å². The molecule has 0 saturated heterocycles. The van der Waals surface area contributed by atoms with Gasteiger partial charge in [0.2, 0.25) is 5.91 Å². The van der Waals surface area contributed by atoms with Crippen LogP contribution in [0.25, 0.3) is 0 Å². The fourth-order valence-corrected chi connectivity index (χ4v) is 3.66. The standard InChI is InChI=1S/C19H17ClN2O2/c1-11-4-5-15(10-16(11)20)21-19(24)14-7-12-3-2-6-22-17(23)9-13(8-14)18(12)22/h4-5,7-8,10H,2-3,6,9H2,1H3,(H,21,24). The van der Waals surface area contributed by atoms with Crippen molar-refractivity contribution in [3.8, 4) is 0 Å². The number of benzene rings is 2. The molecule has 0 bridgehead atoms. The van der Waals surface area contributed by atoms with Crippen molar-refractivity contribution < 1.29 is 9.59 Å². The summed E-state index contributed by atoms with van der Waals surface area (Å²) in [5.41, 5.74) is 5.32. The van der Waals surface area contributed by atoms with E-state index in [1.165, 1.54) is 0 Å². The quantitative estimate of drug-likeness (QED) is 0.905. The van der Waals surface area contributed by atoms with Crippen LogP contribution in [0, 0.1) is 6.92 Å². The number of anilines is 2. The largest absolute Gasteiger partial charge is 0.322 e. The van der Waals surface area contributed by atoms with Crippen LogP contribution in [0.4, 0.5) is 11.4 Å². The molecule has 0 aliphatic carbocycles. The number of nitrogens with one attached hydrogen (secondary N) is 1. The molecule has 0 spiro atoms. The van der Waals surface area contributed by atoms with E-state index in [9.17, 15) is 9.59 Å². The second kappa shape index (κ2) is 5.64. The zero-order valence-electron chi connectivity index (χ0n) is 13.4. The van der Waals surface area contributed by atoms with Crippen LogP contribution < -0.4 is 10.2 Å². The maximum absolute atomic E-state index is 12.6. The number of rotatable bonds is 2. The van der Waals surface area contributed by atoms with Crippen LogP contribution in [0.15, 0.2) is 30.3 Å². The Morgan fingerprint density at radius 1 is 1.21 bits per heavy atom. The lowest BCUT2D eigenvalue weighted by molar-refractivity contribution is -0.117. The van der Waals surface area contributed by atoms with Gasteiger partial charge in [0.25, 0.3) is 5.91 Å². The van der Waals surface area contributed by atoms with Crippen LogP contribution in [0.5, 0.6) is 0 Å². The first-order valence-electron chi connectivity index (χ1n) is 8.06. The molecule has 2 aromatic rings. The molecule has 0 aromatic heterocycles. The summed E-state index contributed by atoms with van der Waals surface area (Å²) in [5.74, 6) is -0.0423. The SMILES string of the molecule is Cc1ccc(NC(=O)c2cc3c4c(c2)CC(=O)N4CCC3)cc1Cl. The third-order valence-corrected chi connectivity index (χ3v) is 5.11. The van der Waals surface area contributed by atoms with Gasteiger partial charge < -0.3 is 10.2 Å². The number of amides is 2. The highest BCUT2D eigenvalue weighted by atomic mass is 35.5. The summed E-state index contributed by atoms with van der Waals surface area (Å²) in [7, 11) is 0. The first-order chi connectivity index (χ1) is 11.5. The molecule has 1 N–H and O–H groups in total. The number of nitrogens with zero attached hydrogens (tertiary/aromatic N) is 1. The van der Waals surface area contributed by atoms with Gasteiger partial charge in [-0.3, -0.25) is 9.59 Å². The van der Waals surface area contributed by atoms with Crippen molar-refractivity contribution in [1.82, 2.24) is 0 Å². The normalized spacial score (nSPS) is 15.4. The van der Waals surface area contributed by atoms with E-state index in [1.807, 2.05) is 36.1 Å². The maximum atomic E-state index is 12.6. The third kappa shape index (κ3) is 2.47. The smallest absolute Gasteiger partial charge is 0.255 e. The van der Waals surface area contributed by atoms with Crippen molar-refractivity contribution >= 4 is 34.8 Å². The summed E-state index contributed by atoms with van der Waals surface area (Å²) in [6.45, 7) is 2.70. The molecule has 0 saturated carbocycles. The number of carbonyl (C=O) groups is 2. The molecule has 24 heavy (non-hydrogen) atoms. The molecular formula is C19H17ClN2O2. The molecule has 5 heteroatoms. The second-order valence-electron chi connectivity index (χ2n) is 6.39. The van der Waals surface area contributed by atoms with Gasteiger partial charge in [0.1, 0.15) is 0 Å². The number of halogens is 1. The van der Waals surface area contributed by atoms with E-state index in [0.29, 0.717) is 22.7 Å². The monoisotopic (exact) mass is 340 g/mol. The minimum absolute atomic E-state index is 0.133. The Hall–Kier alpha value is -2.33. The number of hydrogen-bond acceptors (Lipinski definition) is 2.